The summed E-state index contributed by atoms with van der Waals surface area (Å²) < 4.78 is 10.3. The average Bonchev–Trinajstić information content (AvgIpc) is 2.96. The molecule has 0 bridgehead atoms. The number of carbonyl (C=O) groups excluding carboxylic acids is 1. The molecular formula is C13H9N3O6. The number of carbonyl (C=O) groups is 1. The van der Waals surface area contributed by atoms with Crippen LogP contribution in [0.5, 0.6) is 17.2 Å². The van der Waals surface area contributed by atoms with Gasteiger partial charge in [-0.15, -0.1) is 0 Å². The zero-order chi connectivity index (χ0) is 15.7. The summed E-state index contributed by atoms with van der Waals surface area (Å²) in [6, 6.07) is 5.49. The van der Waals surface area contributed by atoms with Crippen LogP contribution in [0.25, 0.3) is 0 Å². The molecule has 2 aromatic rings. The van der Waals surface area contributed by atoms with E-state index in [2.05, 4.69) is 10.3 Å². The molecule has 0 aliphatic carbocycles. The van der Waals surface area contributed by atoms with Crippen LogP contribution in [0.1, 0.15) is 10.4 Å². The maximum Gasteiger partial charge on any atom is 0.291 e. The van der Waals surface area contributed by atoms with Crippen molar-refractivity contribution < 1.29 is 24.3 Å². The number of nitrogens with one attached hydrogen (secondary N) is 1. The molecule has 0 spiro atoms. The van der Waals surface area contributed by atoms with Crippen LogP contribution in [-0.2, 0) is 0 Å². The zero-order valence-electron chi connectivity index (χ0n) is 11.0. The SMILES string of the molecule is O=C(Nc1ncc([N+](=O)[O-])cc1O)c1ccc2c(c1)OCO2. The molecule has 0 fully saturated rings. The third-order valence-corrected chi connectivity index (χ3v) is 2.93. The fraction of sp³-hybridized carbons (Fsp3) is 0.0769. The predicted molar refractivity (Wildman–Crippen MR) is 73.1 cm³/mol. The lowest BCUT2D eigenvalue weighted by molar-refractivity contribution is -0.385. The third kappa shape index (κ3) is 2.46. The van der Waals surface area contributed by atoms with Gasteiger partial charge in [-0.1, -0.05) is 0 Å². The van der Waals surface area contributed by atoms with Crippen LogP contribution in [-0.4, -0.2) is 27.7 Å². The molecule has 0 saturated carbocycles. The van der Waals surface area contributed by atoms with Gasteiger partial charge in [-0.3, -0.25) is 14.9 Å². The van der Waals surface area contributed by atoms with Gasteiger partial charge < -0.3 is 19.9 Å². The number of hydrogen-bond acceptors (Lipinski definition) is 7. The molecule has 22 heavy (non-hydrogen) atoms. The highest BCUT2D eigenvalue weighted by atomic mass is 16.7. The van der Waals surface area contributed by atoms with Crippen molar-refractivity contribution in [3.8, 4) is 17.2 Å². The van der Waals surface area contributed by atoms with Crippen molar-refractivity contribution in [2.45, 2.75) is 0 Å². The lowest BCUT2D eigenvalue weighted by Gasteiger charge is -2.06. The Bertz CT molecular complexity index is 776. The molecule has 1 aromatic heterocycles. The van der Waals surface area contributed by atoms with E-state index in [1.165, 1.54) is 12.1 Å². The van der Waals surface area contributed by atoms with E-state index in [1.54, 1.807) is 6.07 Å². The monoisotopic (exact) mass is 303 g/mol. The normalized spacial score (nSPS) is 12.0. The summed E-state index contributed by atoms with van der Waals surface area (Å²) in [6.45, 7) is 0.0884. The van der Waals surface area contributed by atoms with Crippen LogP contribution in [0.15, 0.2) is 30.5 Å². The Labute approximate surface area is 123 Å². The first-order valence-electron chi connectivity index (χ1n) is 6.09. The van der Waals surface area contributed by atoms with Gasteiger partial charge in [0.1, 0.15) is 6.20 Å². The number of hydrogen-bond donors (Lipinski definition) is 2. The molecule has 1 aliphatic heterocycles. The standard InChI is InChI=1S/C13H9N3O6/c17-9-4-8(16(19)20)5-14-12(9)15-13(18)7-1-2-10-11(3-7)22-6-21-10/h1-5,17H,6H2,(H,14,15,18). The second-order valence-electron chi connectivity index (χ2n) is 4.34. The summed E-state index contributed by atoms with van der Waals surface area (Å²) in [5.74, 6) is -0.243. The van der Waals surface area contributed by atoms with E-state index in [-0.39, 0.29) is 23.9 Å². The molecular weight excluding hydrogens is 294 g/mol. The van der Waals surface area contributed by atoms with Gasteiger partial charge in [-0.2, -0.15) is 0 Å². The molecule has 3 rings (SSSR count). The fourth-order valence-electron chi connectivity index (χ4n) is 1.86. The van der Waals surface area contributed by atoms with Crippen molar-refractivity contribution in [3.63, 3.8) is 0 Å². The summed E-state index contributed by atoms with van der Waals surface area (Å²) in [6.07, 6.45) is 0.939. The van der Waals surface area contributed by atoms with Gasteiger partial charge >= 0.3 is 0 Å². The largest absolute Gasteiger partial charge is 0.504 e. The Balaban J connectivity index is 1.81. The number of benzene rings is 1. The summed E-state index contributed by atoms with van der Waals surface area (Å²) in [7, 11) is 0. The molecule has 0 radical (unpaired) electrons. The van der Waals surface area contributed by atoms with Gasteiger partial charge in [0.15, 0.2) is 23.1 Å². The highest BCUT2D eigenvalue weighted by Crippen LogP contribution is 2.33. The average molecular weight is 303 g/mol. The minimum atomic E-state index is -0.698. The third-order valence-electron chi connectivity index (χ3n) is 2.93. The van der Waals surface area contributed by atoms with E-state index < -0.39 is 16.6 Å². The smallest absolute Gasteiger partial charge is 0.291 e. The predicted octanol–water partition coefficient (Wildman–Crippen LogP) is 1.68. The highest BCUT2D eigenvalue weighted by molar-refractivity contribution is 6.04. The van der Waals surface area contributed by atoms with E-state index in [1.807, 2.05) is 0 Å². The summed E-state index contributed by atoms with van der Waals surface area (Å²) in [5, 5.41) is 22.6. The molecule has 2 heterocycles. The van der Waals surface area contributed by atoms with Crippen LogP contribution in [0, 0.1) is 10.1 Å². The number of nitrogens with zero attached hydrogens (tertiary/aromatic N) is 2. The Morgan fingerprint density at radius 2 is 2.09 bits per heavy atom. The van der Waals surface area contributed by atoms with Crippen molar-refractivity contribution in [2.75, 3.05) is 12.1 Å². The Kier molecular flexibility index (Phi) is 3.22. The topological polar surface area (TPSA) is 124 Å². The fourth-order valence-corrected chi connectivity index (χ4v) is 1.86. The molecule has 9 nitrogen and oxygen atoms in total. The first kappa shape index (κ1) is 13.6. The summed E-state index contributed by atoms with van der Waals surface area (Å²) in [5.41, 5.74) is -0.109. The molecule has 9 heteroatoms. The van der Waals surface area contributed by atoms with Gasteiger partial charge in [-0.05, 0) is 18.2 Å². The number of aromatic nitrogens is 1. The van der Waals surface area contributed by atoms with Gasteiger partial charge in [-0.25, -0.2) is 4.98 Å². The van der Waals surface area contributed by atoms with Crippen molar-refractivity contribution >= 4 is 17.4 Å². The first-order valence-corrected chi connectivity index (χ1v) is 6.09. The molecule has 112 valence electrons. The van der Waals surface area contributed by atoms with Crippen LogP contribution in [0.2, 0.25) is 0 Å². The lowest BCUT2D eigenvalue weighted by atomic mass is 10.2. The first-order chi connectivity index (χ1) is 10.5. The molecule has 0 saturated heterocycles. The van der Waals surface area contributed by atoms with Gasteiger partial charge in [0.05, 0.1) is 11.0 Å². The van der Waals surface area contributed by atoms with E-state index >= 15 is 0 Å². The molecule has 2 N–H and O–H groups in total. The highest BCUT2D eigenvalue weighted by Gasteiger charge is 2.18. The molecule has 0 atom stereocenters. The Morgan fingerprint density at radius 3 is 2.82 bits per heavy atom. The number of ether oxygens (including phenoxy) is 2. The second kappa shape index (κ2) is 5.20. The summed E-state index contributed by atoms with van der Waals surface area (Å²) in [4.78, 5) is 25.6. The van der Waals surface area contributed by atoms with Crippen molar-refractivity contribution in [1.29, 1.82) is 0 Å². The van der Waals surface area contributed by atoms with Gasteiger partial charge in [0, 0.05) is 5.56 Å². The maximum atomic E-state index is 12.1. The number of fused-ring (bicyclic) bond motifs is 1. The number of amides is 1. The van der Waals surface area contributed by atoms with Crippen molar-refractivity contribution in [3.05, 3.63) is 46.1 Å². The van der Waals surface area contributed by atoms with Crippen molar-refractivity contribution in [2.24, 2.45) is 0 Å². The molecule has 1 amide bonds. The van der Waals surface area contributed by atoms with E-state index in [4.69, 9.17) is 9.47 Å². The van der Waals surface area contributed by atoms with Gasteiger partial charge in [0.2, 0.25) is 6.79 Å². The molecule has 1 aromatic carbocycles. The maximum absolute atomic E-state index is 12.1. The van der Waals surface area contributed by atoms with E-state index in [0.29, 0.717) is 11.5 Å². The molecule has 0 unspecified atom stereocenters. The number of anilines is 1. The molecule has 1 aliphatic rings. The number of nitro groups is 1. The Morgan fingerprint density at radius 1 is 1.32 bits per heavy atom. The number of aromatic hydroxyl groups is 1. The van der Waals surface area contributed by atoms with Crippen LogP contribution in [0.3, 0.4) is 0 Å². The van der Waals surface area contributed by atoms with E-state index in [9.17, 15) is 20.0 Å². The van der Waals surface area contributed by atoms with E-state index in [0.717, 1.165) is 12.3 Å². The number of pyridine rings is 1. The van der Waals surface area contributed by atoms with Crippen molar-refractivity contribution in [1.82, 2.24) is 4.98 Å². The number of rotatable bonds is 3. The summed E-state index contributed by atoms with van der Waals surface area (Å²) >= 11 is 0. The minimum Gasteiger partial charge on any atom is -0.504 e. The zero-order valence-corrected chi connectivity index (χ0v) is 11.0. The van der Waals surface area contributed by atoms with Crippen LogP contribution in [0.4, 0.5) is 11.5 Å². The quantitative estimate of drug-likeness (QED) is 0.652. The second-order valence-corrected chi connectivity index (χ2v) is 4.34. The van der Waals surface area contributed by atoms with Crippen LogP contribution < -0.4 is 14.8 Å². The lowest BCUT2D eigenvalue weighted by Crippen LogP contribution is -2.13. The minimum absolute atomic E-state index is 0.0884. The van der Waals surface area contributed by atoms with Crippen LogP contribution >= 0.6 is 0 Å². The van der Waals surface area contributed by atoms with Gasteiger partial charge in [0.25, 0.3) is 11.6 Å². The Hall–Kier alpha value is -3.36.